The van der Waals surface area contributed by atoms with Crippen LogP contribution < -0.4 is 4.74 Å². The van der Waals surface area contributed by atoms with Gasteiger partial charge in [0.25, 0.3) is 0 Å². The predicted octanol–water partition coefficient (Wildman–Crippen LogP) is 3.48. The van der Waals surface area contributed by atoms with E-state index in [9.17, 15) is 5.11 Å². The Balaban J connectivity index is 2.35. The molecule has 2 nitrogen and oxygen atoms in total. The van der Waals surface area contributed by atoms with Gasteiger partial charge in [-0.05, 0) is 36.0 Å². The number of ether oxygens (including phenoxy) is 1. The highest BCUT2D eigenvalue weighted by molar-refractivity contribution is 5.32. The molecule has 0 aliphatic heterocycles. The maximum atomic E-state index is 11.0. The second kappa shape index (κ2) is 4.34. The lowest BCUT2D eigenvalue weighted by Gasteiger charge is -2.47. The lowest BCUT2D eigenvalue weighted by molar-refractivity contribution is -0.103. The van der Waals surface area contributed by atoms with E-state index in [1.165, 1.54) is 6.42 Å². The fourth-order valence-corrected chi connectivity index (χ4v) is 2.89. The molecule has 2 rings (SSSR count). The van der Waals surface area contributed by atoms with Crippen molar-refractivity contribution in [2.24, 2.45) is 5.41 Å². The SMILES string of the molecule is COc1ccc(C2(O)CCCCC2(C)C)cc1. The average Bonchev–Trinajstić information content (AvgIpc) is 2.33. The largest absolute Gasteiger partial charge is 0.497 e. The monoisotopic (exact) mass is 234 g/mol. The first kappa shape index (κ1) is 12.4. The summed E-state index contributed by atoms with van der Waals surface area (Å²) in [5.74, 6) is 0.839. The van der Waals surface area contributed by atoms with Gasteiger partial charge in [-0.3, -0.25) is 0 Å². The molecule has 0 heterocycles. The van der Waals surface area contributed by atoms with E-state index in [1.54, 1.807) is 7.11 Å². The highest BCUT2D eigenvalue weighted by Crippen LogP contribution is 2.50. The van der Waals surface area contributed by atoms with E-state index >= 15 is 0 Å². The van der Waals surface area contributed by atoms with Crippen LogP contribution in [-0.4, -0.2) is 12.2 Å². The summed E-state index contributed by atoms with van der Waals surface area (Å²) < 4.78 is 5.16. The lowest BCUT2D eigenvalue weighted by atomic mass is 9.62. The maximum absolute atomic E-state index is 11.0. The minimum absolute atomic E-state index is 0.0557. The molecular weight excluding hydrogens is 212 g/mol. The normalized spacial score (nSPS) is 27.8. The minimum atomic E-state index is -0.697. The first-order valence-electron chi connectivity index (χ1n) is 6.36. The zero-order chi connectivity index (χ0) is 12.5. The van der Waals surface area contributed by atoms with E-state index in [0.717, 1.165) is 30.6 Å². The van der Waals surface area contributed by atoms with Gasteiger partial charge in [0.15, 0.2) is 0 Å². The number of methoxy groups -OCH3 is 1. The van der Waals surface area contributed by atoms with Crippen LogP contribution in [0.3, 0.4) is 0 Å². The van der Waals surface area contributed by atoms with Crippen LogP contribution in [0.1, 0.15) is 45.1 Å². The zero-order valence-electron chi connectivity index (χ0n) is 11.0. The van der Waals surface area contributed by atoms with Gasteiger partial charge in [-0.2, -0.15) is 0 Å². The summed E-state index contributed by atoms with van der Waals surface area (Å²) in [5.41, 5.74) is 0.264. The van der Waals surface area contributed by atoms with Gasteiger partial charge < -0.3 is 9.84 Å². The van der Waals surface area contributed by atoms with Crippen molar-refractivity contribution in [3.8, 4) is 5.75 Å². The fraction of sp³-hybridized carbons (Fsp3) is 0.600. The summed E-state index contributed by atoms with van der Waals surface area (Å²) >= 11 is 0. The van der Waals surface area contributed by atoms with E-state index in [2.05, 4.69) is 13.8 Å². The van der Waals surface area contributed by atoms with Crippen LogP contribution in [0.5, 0.6) is 5.75 Å². The van der Waals surface area contributed by atoms with Gasteiger partial charge in [0.2, 0.25) is 0 Å². The quantitative estimate of drug-likeness (QED) is 0.849. The van der Waals surface area contributed by atoms with E-state index in [4.69, 9.17) is 4.74 Å². The topological polar surface area (TPSA) is 29.5 Å². The third kappa shape index (κ3) is 2.06. The molecule has 0 saturated heterocycles. The van der Waals surface area contributed by atoms with Gasteiger partial charge in [0.1, 0.15) is 5.75 Å². The van der Waals surface area contributed by atoms with E-state index in [1.807, 2.05) is 24.3 Å². The van der Waals surface area contributed by atoms with Crippen molar-refractivity contribution in [1.29, 1.82) is 0 Å². The summed E-state index contributed by atoms with van der Waals surface area (Å²) in [6.07, 6.45) is 4.25. The molecule has 1 N–H and O–H groups in total. The predicted molar refractivity (Wildman–Crippen MR) is 69.1 cm³/mol. The summed E-state index contributed by atoms with van der Waals surface area (Å²) in [7, 11) is 1.66. The van der Waals surface area contributed by atoms with Crippen molar-refractivity contribution in [3.05, 3.63) is 29.8 Å². The molecule has 1 unspecified atom stereocenters. The van der Waals surface area contributed by atoms with Crippen molar-refractivity contribution in [3.63, 3.8) is 0 Å². The fourth-order valence-electron chi connectivity index (χ4n) is 2.89. The summed E-state index contributed by atoms with van der Waals surface area (Å²) in [5, 5.41) is 11.0. The van der Waals surface area contributed by atoms with Crippen LogP contribution >= 0.6 is 0 Å². The average molecular weight is 234 g/mol. The standard InChI is InChI=1S/C15H22O2/c1-14(2)10-4-5-11-15(14,16)12-6-8-13(17-3)9-7-12/h6-9,16H,4-5,10-11H2,1-3H3. The number of hydrogen-bond donors (Lipinski definition) is 1. The first-order valence-corrected chi connectivity index (χ1v) is 6.36. The Bertz CT molecular complexity index is 380. The van der Waals surface area contributed by atoms with E-state index in [0.29, 0.717) is 0 Å². The third-order valence-corrected chi connectivity index (χ3v) is 4.28. The van der Waals surface area contributed by atoms with Crippen molar-refractivity contribution in [2.75, 3.05) is 7.11 Å². The molecule has 94 valence electrons. The lowest BCUT2D eigenvalue weighted by Crippen LogP contribution is -2.44. The summed E-state index contributed by atoms with van der Waals surface area (Å²) in [6, 6.07) is 7.84. The van der Waals surface area contributed by atoms with Crippen molar-refractivity contribution >= 4 is 0 Å². The second-order valence-corrected chi connectivity index (χ2v) is 5.68. The van der Waals surface area contributed by atoms with Crippen LogP contribution in [0.25, 0.3) is 0 Å². The Morgan fingerprint density at radius 2 is 1.65 bits per heavy atom. The molecule has 0 aromatic heterocycles. The van der Waals surface area contributed by atoms with Crippen LogP contribution in [0.4, 0.5) is 0 Å². The van der Waals surface area contributed by atoms with Crippen LogP contribution in [-0.2, 0) is 5.60 Å². The molecule has 1 aromatic carbocycles. The highest BCUT2D eigenvalue weighted by Gasteiger charge is 2.46. The van der Waals surface area contributed by atoms with Gasteiger partial charge in [0.05, 0.1) is 12.7 Å². The molecule has 1 aliphatic rings. The molecule has 1 fully saturated rings. The molecule has 0 amide bonds. The Morgan fingerprint density at radius 1 is 1.06 bits per heavy atom. The minimum Gasteiger partial charge on any atom is -0.497 e. The number of rotatable bonds is 2. The van der Waals surface area contributed by atoms with Gasteiger partial charge >= 0.3 is 0 Å². The molecule has 1 aromatic rings. The Kier molecular flexibility index (Phi) is 3.17. The van der Waals surface area contributed by atoms with E-state index < -0.39 is 5.60 Å². The first-order chi connectivity index (χ1) is 7.99. The molecule has 17 heavy (non-hydrogen) atoms. The molecule has 1 saturated carbocycles. The van der Waals surface area contributed by atoms with E-state index in [-0.39, 0.29) is 5.41 Å². The van der Waals surface area contributed by atoms with Gasteiger partial charge in [-0.1, -0.05) is 38.8 Å². The van der Waals surface area contributed by atoms with Gasteiger partial charge in [-0.25, -0.2) is 0 Å². The molecule has 0 spiro atoms. The van der Waals surface area contributed by atoms with Crippen LogP contribution in [0.2, 0.25) is 0 Å². The van der Waals surface area contributed by atoms with Gasteiger partial charge in [0, 0.05) is 0 Å². The highest BCUT2D eigenvalue weighted by atomic mass is 16.5. The molecule has 1 atom stereocenters. The zero-order valence-corrected chi connectivity index (χ0v) is 11.0. The molecular formula is C15H22O2. The molecule has 1 aliphatic carbocycles. The van der Waals surface area contributed by atoms with Crippen molar-refractivity contribution in [2.45, 2.75) is 45.1 Å². The Hall–Kier alpha value is -1.02. The molecule has 2 heteroatoms. The second-order valence-electron chi connectivity index (χ2n) is 5.68. The number of hydrogen-bond acceptors (Lipinski definition) is 2. The Labute approximate surface area is 104 Å². The number of benzene rings is 1. The van der Waals surface area contributed by atoms with Gasteiger partial charge in [-0.15, -0.1) is 0 Å². The van der Waals surface area contributed by atoms with Crippen LogP contribution in [0.15, 0.2) is 24.3 Å². The van der Waals surface area contributed by atoms with Crippen molar-refractivity contribution in [1.82, 2.24) is 0 Å². The van der Waals surface area contributed by atoms with Crippen molar-refractivity contribution < 1.29 is 9.84 Å². The van der Waals surface area contributed by atoms with Crippen LogP contribution in [0, 0.1) is 5.41 Å². The smallest absolute Gasteiger partial charge is 0.118 e. The third-order valence-electron chi connectivity index (χ3n) is 4.28. The molecule has 0 radical (unpaired) electrons. The number of aliphatic hydroxyl groups is 1. The summed E-state index contributed by atoms with van der Waals surface area (Å²) in [6.45, 7) is 4.33. The maximum Gasteiger partial charge on any atom is 0.118 e. The Morgan fingerprint density at radius 3 is 2.18 bits per heavy atom. The molecule has 0 bridgehead atoms. The summed E-state index contributed by atoms with van der Waals surface area (Å²) in [4.78, 5) is 0.